The first-order valence-corrected chi connectivity index (χ1v) is 10.0. The lowest BCUT2D eigenvalue weighted by Crippen LogP contribution is -2.46. The van der Waals surface area contributed by atoms with Crippen LogP contribution in [0.5, 0.6) is 23.0 Å². The highest BCUT2D eigenvalue weighted by Crippen LogP contribution is 2.38. The van der Waals surface area contributed by atoms with Crippen molar-refractivity contribution >= 4 is 11.8 Å². The zero-order chi connectivity index (χ0) is 22.4. The predicted octanol–water partition coefficient (Wildman–Crippen LogP) is 2.76. The number of carbonyl (C=O) groups is 2. The second-order valence-electron chi connectivity index (χ2n) is 7.18. The minimum absolute atomic E-state index is 0.0126. The van der Waals surface area contributed by atoms with Crippen LogP contribution in [-0.4, -0.2) is 64.3 Å². The second-order valence-corrected chi connectivity index (χ2v) is 7.18. The first kappa shape index (κ1) is 22.3. The number of ether oxygens (including phenoxy) is 4. The molecular formula is C23H28N2O6. The normalized spacial score (nSPS) is 14.0. The monoisotopic (exact) mass is 428 g/mol. The van der Waals surface area contributed by atoms with E-state index in [1.54, 1.807) is 48.4 Å². The number of hydrogen-bond donors (Lipinski definition) is 1. The Morgan fingerprint density at radius 2 is 1.42 bits per heavy atom. The summed E-state index contributed by atoms with van der Waals surface area (Å²) in [5.41, 5.74) is 1.05. The smallest absolute Gasteiger partial charge is 0.254 e. The molecule has 1 aliphatic heterocycles. The SMILES string of the molecule is COc1ccc(C(=O)NC2CCN(C(=O)c3cc(OC)c(OC)c(OC)c3)CC2)cc1. The molecule has 166 valence electrons. The van der Waals surface area contributed by atoms with Crippen molar-refractivity contribution in [1.29, 1.82) is 0 Å². The van der Waals surface area contributed by atoms with Crippen molar-refractivity contribution in [3.8, 4) is 23.0 Å². The Hall–Kier alpha value is -3.42. The molecule has 0 radical (unpaired) electrons. The summed E-state index contributed by atoms with van der Waals surface area (Å²) in [6, 6.07) is 10.3. The molecule has 0 atom stereocenters. The van der Waals surface area contributed by atoms with Crippen LogP contribution < -0.4 is 24.3 Å². The fourth-order valence-electron chi connectivity index (χ4n) is 3.63. The van der Waals surface area contributed by atoms with E-state index in [1.807, 2.05) is 0 Å². The van der Waals surface area contributed by atoms with E-state index in [4.69, 9.17) is 18.9 Å². The number of rotatable bonds is 7. The number of carbonyl (C=O) groups excluding carboxylic acids is 2. The molecule has 1 fully saturated rings. The molecule has 0 bridgehead atoms. The van der Waals surface area contributed by atoms with Crippen LogP contribution in [0.2, 0.25) is 0 Å². The van der Waals surface area contributed by atoms with Crippen LogP contribution in [-0.2, 0) is 0 Å². The van der Waals surface area contributed by atoms with Gasteiger partial charge >= 0.3 is 0 Å². The van der Waals surface area contributed by atoms with Crippen molar-refractivity contribution in [2.45, 2.75) is 18.9 Å². The van der Waals surface area contributed by atoms with Gasteiger partial charge in [0.05, 0.1) is 28.4 Å². The highest BCUT2D eigenvalue weighted by Gasteiger charge is 2.26. The van der Waals surface area contributed by atoms with Crippen LogP contribution in [0.15, 0.2) is 36.4 Å². The Kier molecular flexibility index (Phi) is 7.23. The maximum atomic E-state index is 13.0. The third-order valence-electron chi connectivity index (χ3n) is 5.38. The summed E-state index contributed by atoms with van der Waals surface area (Å²) in [6.07, 6.45) is 1.36. The molecule has 1 heterocycles. The Balaban J connectivity index is 1.61. The van der Waals surface area contributed by atoms with E-state index in [1.165, 1.54) is 21.3 Å². The van der Waals surface area contributed by atoms with E-state index in [0.29, 0.717) is 60.1 Å². The molecule has 8 heteroatoms. The second kappa shape index (κ2) is 10.1. The number of benzene rings is 2. The number of amides is 2. The largest absolute Gasteiger partial charge is 0.497 e. The van der Waals surface area contributed by atoms with Gasteiger partial charge in [-0.3, -0.25) is 9.59 Å². The third-order valence-corrected chi connectivity index (χ3v) is 5.38. The van der Waals surface area contributed by atoms with Gasteiger partial charge in [0.1, 0.15) is 5.75 Å². The van der Waals surface area contributed by atoms with Gasteiger partial charge in [-0.2, -0.15) is 0 Å². The first-order chi connectivity index (χ1) is 15.0. The van der Waals surface area contributed by atoms with E-state index in [2.05, 4.69) is 5.32 Å². The van der Waals surface area contributed by atoms with Gasteiger partial charge in [0.15, 0.2) is 11.5 Å². The molecular weight excluding hydrogens is 400 g/mol. The van der Waals surface area contributed by atoms with Crippen LogP contribution in [0.4, 0.5) is 0 Å². The van der Waals surface area contributed by atoms with E-state index in [0.717, 1.165) is 0 Å². The van der Waals surface area contributed by atoms with Gasteiger partial charge in [-0.25, -0.2) is 0 Å². The van der Waals surface area contributed by atoms with Gasteiger partial charge < -0.3 is 29.2 Å². The van der Waals surface area contributed by atoms with Crippen LogP contribution in [0.3, 0.4) is 0 Å². The Morgan fingerprint density at radius 1 is 0.839 bits per heavy atom. The summed E-state index contributed by atoms with van der Waals surface area (Å²) >= 11 is 0. The van der Waals surface area contributed by atoms with Gasteiger partial charge in [0.25, 0.3) is 11.8 Å². The average Bonchev–Trinajstić information content (AvgIpc) is 2.83. The lowest BCUT2D eigenvalue weighted by molar-refractivity contribution is 0.0697. The highest BCUT2D eigenvalue weighted by atomic mass is 16.5. The summed E-state index contributed by atoms with van der Waals surface area (Å²) < 4.78 is 21.1. The topological polar surface area (TPSA) is 86.3 Å². The molecule has 2 amide bonds. The molecule has 0 aliphatic carbocycles. The molecule has 1 N–H and O–H groups in total. The predicted molar refractivity (Wildman–Crippen MR) is 115 cm³/mol. The first-order valence-electron chi connectivity index (χ1n) is 10.0. The summed E-state index contributed by atoms with van der Waals surface area (Å²) in [5.74, 6) is 1.78. The quantitative estimate of drug-likeness (QED) is 0.730. The number of piperidine rings is 1. The lowest BCUT2D eigenvalue weighted by Gasteiger charge is -2.32. The summed E-state index contributed by atoms with van der Waals surface area (Å²) in [6.45, 7) is 1.09. The van der Waals surface area contributed by atoms with Crippen molar-refractivity contribution in [2.24, 2.45) is 0 Å². The van der Waals surface area contributed by atoms with Gasteiger partial charge in [-0.05, 0) is 49.2 Å². The highest BCUT2D eigenvalue weighted by molar-refractivity contribution is 5.96. The van der Waals surface area contributed by atoms with Crippen LogP contribution in [0.1, 0.15) is 33.6 Å². The van der Waals surface area contributed by atoms with Crippen LogP contribution in [0.25, 0.3) is 0 Å². The van der Waals surface area contributed by atoms with E-state index < -0.39 is 0 Å². The summed E-state index contributed by atoms with van der Waals surface area (Å²) in [5, 5.41) is 3.05. The van der Waals surface area contributed by atoms with Crippen molar-refractivity contribution in [3.63, 3.8) is 0 Å². The molecule has 3 rings (SSSR count). The van der Waals surface area contributed by atoms with E-state index in [-0.39, 0.29) is 17.9 Å². The molecule has 2 aromatic carbocycles. The van der Waals surface area contributed by atoms with Gasteiger partial charge in [0, 0.05) is 30.3 Å². The van der Waals surface area contributed by atoms with Gasteiger partial charge in [0.2, 0.25) is 5.75 Å². The minimum Gasteiger partial charge on any atom is -0.497 e. The molecule has 1 saturated heterocycles. The number of nitrogens with one attached hydrogen (secondary N) is 1. The fourth-order valence-corrected chi connectivity index (χ4v) is 3.63. The molecule has 2 aromatic rings. The lowest BCUT2D eigenvalue weighted by atomic mass is 10.0. The van der Waals surface area contributed by atoms with Crippen LogP contribution in [0, 0.1) is 0 Å². The number of nitrogens with zero attached hydrogens (tertiary/aromatic N) is 1. The molecule has 1 aliphatic rings. The van der Waals surface area contributed by atoms with E-state index >= 15 is 0 Å². The van der Waals surface area contributed by atoms with Crippen LogP contribution >= 0.6 is 0 Å². The average molecular weight is 428 g/mol. The van der Waals surface area contributed by atoms with Crippen molar-refractivity contribution < 1.29 is 28.5 Å². The molecule has 31 heavy (non-hydrogen) atoms. The maximum Gasteiger partial charge on any atom is 0.254 e. The van der Waals surface area contributed by atoms with E-state index in [9.17, 15) is 9.59 Å². The standard InChI is InChI=1S/C23H28N2O6/c1-28-18-7-5-15(6-8-18)22(26)24-17-9-11-25(12-10-17)23(27)16-13-19(29-2)21(31-4)20(14-16)30-3/h5-8,13-14,17H,9-12H2,1-4H3,(H,24,26). The Morgan fingerprint density at radius 3 is 1.90 bits per heavy atom. The molecule has 0 unspecified atom stereocenters. The van der Waals surface area contributed by atoms with Gasteiger partial charge in [-0.15, -0.1) is 0 Å². The summed E-state index contributed by atoms with van der Waals surface area (Å²) in [7, 11) is 6.14. The molecule has 8 nitrogen and oxygen atoms in total. The third kappa shape index (κ3) is 5.02. The molecule has 0 saturated carbocycles. The zero-order valence-electron chi connectivity index (χ0n) is 18.3. The van der Waals surface area contributed by atoms with Crippen molar-refractivity contribution in [2.75, 3.05) is 41.5 Å². The Labute approximate surface area is 182 Å². The number of methoxy groups -OCH3 is 4. The summed E-state index contributed by atoms with van der Waals surface area (Å²) in [4.78, 5) is 27.3. The fraction of sp³-hybridized carbons (Fsp3) is 0.391. The molecule has 0 aromatic heterocycles. The van der Waals surface area contributed by atoms with Crippen molar-refractivity contribution in [1.82, 2.24) is 10.2 Å². The van der Waals surface area contributed by atoms with Crippen molar-refractivity contribution in [3.05, 3.63) is 47.5 Å². The van der Waals surface area contributed by atoms with Gasteiger partial charge in [-0.1, -0.05) is 0 Å². The molecule has 0 spiro atoms. The zero-order valence-corrected chi connectivity index (χ0v) is 18.3. The number of likely N-dealkylation sites (tertiary alicyclic amines) is 1. The minimum atomic E-state index is -0.128. The Bertz CT molecular complexity index is 895. The number of hydrogen-bond acceptors (Lipinski definition) is 6. The maximum absolute atomic E-state index is 13.0.